The first-order valence-corrected chi connectivity index (χ1v) is 8.00. The van der Waals surface area contributed by atoms with Gasteiger partial charge in [0.1, 0.15) is 5.52 Å². The molecule has 1 N–H and O–H groups in total. The average Bonchev–Trinajstić information content (AvgIpc) is 3.00. The van der Waals surface area contributed by atoms with Crippen molar-refractivity contribution in [3.63, 3.8) is 0 Å². The van der Waals surface area contributed by atoms with Crippen LogP contribution in [0, 0.1) is 4.77 Å². The summed E-state index contributed by atoms with van der Waals surface area (Å²) in [5.41, 5.74) is 3.19. The van der Waals surface area contributed by atoms with E-state index < -0.39 is 0 Å². The largest absolute Gasteiger partial charge is 0.328 e. The van der Waals surface area contributed by atoms with Gasteiger partial charge in [-0.05, 0) is 46.7 Å². The zero-order valence-electron chi connectivity index (χ0n) is 10.6. The topological polar surface area (TPSA) is 38.5 Å². The quantitative estimate of drug-likeness (QED) is 0.723. The van der Waals surface area contributed by atoms with Crippen molar-refractivity contribution in [1.29, 1.82) is 0 Å². The van der Waals surface area contributed by atoms with Crippen LogP contribution in [0.25, 0.3) is 11.2 Å². The monoisotopic (exact) mass is 356 g/mol. The van der Waals surface area contributed by atoms with Gasteiger partial charge in [0.2, 0.25) is 0 Å². The zero-order chi connectivity index (χ0) is 13.6. The van der Waals surface area contributed by atoms with Gasteiger partial charge in [-0.1, -0.05) is 6.92 Å². The Bertz CT molecular complexity index is 792. The molecule has 0 amide bonds. The normalized spacial score (nSPS) is 11.5. The second-order valence-corrected chi connectivity index (χ2v) is 7.28. The first kappa shape index (κ1) is 13.1. The number of hydrogen-bond donors (Lipinski definition) is 1. The number of halogens is 1. The second kappa shape index (κ2) is 4.88. The maximum atomic E-state index is 5.44. The van der Waals surface area contributed by atoms with Crippen molar-refractivity contribution >= 4 is 50.6 Å². The van der Waals surface area contributed by atoms with E-state index in [1.807, 2.05) is 11.7 Å². The highest BCUT2D eigenvalue weighted by Crippen LogP contribution is 2.25. The van der Waals surface area contributed by atoms with Gasteiger partial charge in [0, 0.05) is 11.9 Å². The fourth-order valence-electron chi connectivity index (χ4n) is 2.26. The number of H-pyrrole nitrogens is 1. The first-order valence-electron chi connectivity index (χ1n) is 5.98. The molecule has 19 heavy (non-hydrogen) atoms. The molecule has 3 heterocycles. The summed E-state index contributed by atoms with van der Waals surface area (Å²) in [5, 5.41) is 4.53. The van der Waals surface area contributed by atoms with Crippen LogP contribution in [0.5, 0.6) is 0 Å². The molecule has 0 aromatic carbocycles. The summed E-state index contributed by atoms with van der Waals surface area (Å²) in [4.78, 5) is 4.55. The summed E-state index contributed by atoms with van der Waals surface area (Å²) < 4.78 is 5.90. The summed E-state index contributed by atoms with van der Waals surface area (Å²) >= 11 is 10.7. The number of aromatic amines is 1. The van der Waals surface area contributed by atoms with Gasteiger partial charge < -0.3 is 4.98 Å². The Morgan fingerprint density at radius 3 is 2.89 bits per heavy atom. The van der Waals surface area contributed by atoms with Gasteiger partial charge in [-0.15, -0.1) is 11.3 Å². The number of aromatic nitrogens is 4. The number of imidazole rings is 1. The Balaban J connectivity index is 2.15. The van der Waals surface area contributed by atoms with Gasteiger partial charge in [0.15, 0.2) is 10.4 Å². The van der Waals surface area contributed by atoms with Crippen molar-refractivity contribution in [2.45, 2.75) is 19.9 Å². The van der Waals surface area contributed by atoms with E-state index in [-0.39, 0.29) is 0 Å². The second-order valence-electron chi connectivity index (χ2n) is 4.34. The van der Waals surface area contributed by atoms with Gasteiger partial charge in [0.05, 0.1) is 16.0 Å². The Kier molecular flexibility index (Phi) is 3.36. The molecule has 0 aliphatic rings. The van der Waals surface area contributed by atoms with Gasteiger partial charge in [-0.25, -0.2) is 0 Å². The van der Waals surface area contributed by atoms with E-state index in [1.54, 1.807) is 11.3 Å². The summed E-state index contributed by atoms with van der Waals surface area (Å²) in [7, 11) is 1.96. The molecule has 3 rings (SSSR count). The SMILES string of the molecule is CCc1nn(C)c2c1[nH]c(=S)n2Cc1ccc(Br)s1. The minimum absolute atomic E-state index is 0.752. The Morgan fingerprint density at radius 1 is 1.47 bits per heavy atom. The fraction of sp³-hybridized carbons (Fsp3) is 0.333. The van der Waals surface area contributed by atoms with Crippen LogP contribution in [-0.2, 0) is 20.0 Å². The fourth-order valence-corrected chi connectivity index (χ4v) is 3.99. The van der Waals surface area contributed by atoms with Crippen molar-refractivity contribution in [3.05, 3.63) is 31.3 Å². The first-order chi connectivity index (χ1) is 9.10. The molecule has 0 saturated carbocycles. The van der Waals surface area contributed by atoms with Crippen molar-refractivity contribution < 1.29 is 0 Å². The molecular weight excluding hydrogens is 344 g/mol. The molecule has 4 nitrogen and oxygen atoms in total. The van der Waals surface area contributed by atoms with Crippen LogP contribution in [0.2, 0.25) is 0 Å². The zero-order valence-corrected chi connectivity index (χ0v) is 13.8. The Labute approximate surface area is 128 Å². The molecule has 7 heteroatoms. The number of fused-ring (bicyclic) bond motifs is 1. The molecule has 0 aliphatic heterocycles. The number of hydrogen-bond acceptors (Lipinski definition) is 3. The predicted molar refractivity (Wildman–Crippen MR) is 84.4 cm³/mol. The average molecular weight is 357 g/mol. The van der Waals surface area contributed by atoms with Crippen LogP contribution in [0.1, 0.15) is 17.5 Å². The van der Waals surface area contributed by atoms with Gasteiger partial charge in [-0.3, -0.25) is 9.25 Å². The highest BCUT2D eigenvalue weighted by molar-refractivity contribution is 9.11. The lowest BCUT2D eigenvalue weighted by Crippen LogP contribution is -2.03. The van der Waals surface area contributed by atoms with Crippen molar-refractivity contribution in [2.75, 3.05) is 0 Å². The van der Waals surface area contributed by atoms with E-state index in [2.05, 4.69) is 49.6 Å². The molecule has 0 radical (unpaired) electrons. The standard InChI is InChI=1S/C12H13BrN4S2/c1-3-8-10-11(16(2)15-8)17(12(18)14-10)6-7-4-5-9(13)19-7/h4-5H,3,6H2,1-2H3,(H,14,18). The summed E-state index contributed by atoms with van der Waals surface area (Å²) in [5.74, 6) is 0. The van der Waals surface area contributed by atoms with E-state index >= 15 is 0 Å². The van der Waals surface area contributed by atoms with Crippen LogP contribution in [-0.4, -0.2) is 19.3 Å². The molecule has 0 unspecified atom stereocenters. The van der Waals surface area contributed by atoms with Crippen LogP contribution >= 0.6 is 39.5 Å². The van der Waals surface area contributed by atoms with E-state index in [1.165, 1.54) is 4.88 Å². The number of rotatable bonds is 3. The third-order valence-corrected chi connectivity index (χ3v) is 5.03. The van der Waals surface area contributed by atoms with E-state index in [0.717, 1.165) is 38.4 Å². The van der Waals surface area contributed by atoms with Gasteiger partial charge in [-0.2, -0.15) is 5.10 Å². The molecular formula is C12H13BrN4S2. The lowest BCUT2D eigenvalue weighted by atomic mass is 10.3. The molecule has 0 saturated heterocycles. The summed E-state index contributed by atoms with van der Waals surface area (Å²) in [6.07, 6.45) is 0.900. The van der Waals surface area contributed by atoms with Crippen LogP contribution in [0.4, 0.5) is 0 Å². The summed E-state index contributed by atoms with van der Waals surface area (Å²) in [6.45, 7) is 2.88. The maximum Gasteiger partial charge on any atom is 0.179 e. The van der Waals surface area contributed by atoms with Crippen LogP contribution in [0.3, 0.4) is 0 Å². The molecule has 3 aromatic rings. The smallest absolute Gasteiger partial charge is 0.179 e. The van der Waals surface area contributed by atoms with Crippen molar-refractivity contribution in [3.8, 4) is 0 Å². The minimum Gasteiger partial charge on any atom is -0.328 e. The minimum atomic E-state index is 0.752. The predicted octanol–water partition coefficient (Wildman–Crippen LogP) is 3.87. The highest BCUT2D eigenvalue weighted by Gasteiger charge is 2.14. The molecule has 0 aliphatic carbocycles. The van der Waals surface area contributed by atoms with E-state index in [0.29, 0.717) is 0 Å². The van der Waals surface area contributed by atoms with Crippen molar-refractivity contribution in [1.82, 2.24) is 19.3 Å². The number of nitrogens with one attached hydrogen (secondary N) is 1. The Hall–Kier alpha value is -0.920. The third kappa shape index (κ3) is 2.19. The number of aryl methyl sites for hydroxylation is 2. The molecule has 0 spiro atoms. The third-order valence-electron chi connectivity index (χ3n) is 3.10. The lowest BCUT2D eigenvalue weighted by molar-refractivity contribution is 0.713. The number of thiophene rings is 1. The van der Waals surface area contributed by atoms with Crippen LogP contribution in [0.15, 0.2) is 15.9 Å². The molecule has 0 bridgehead atoms. The maximum absolute atomic E-state index is 5.44. The molecule has 0 fully saturated rings. The number of nitrogens with zero attached hydrogens (tertiary/aromatic N) is 3. The molecule has 0 atom stereocenters. The van der Waals surface area contributed by atoms with E-state index in [4.69, 9.17) is 12.2 Å². The molecule has 100 valence electrons. The van der Waals surface area contributed by atoms with Gasteiger partial charge >= 0.3 is 0 Å². The van der Waals surface area contributed by atoms with E-state index in [9.17, 15) is 0 Å². The van der Waals surface area contributed by atoms with Crippen molar-refractivity contribution in [2.24, 2.45) is 7.05 Å². The Morgan fingerprint density at radius 2 is 2.26 bits per heavy atom. The highest BCUT2D eigenvalue weighted by atomic mass is 79.9. The van der Waals surface area contributed by atoms with Crippen LogP contribution < -0.4 is 0 Å². The lowest BCUT2D eigenvalue weighted by Gasteiger charge is -2.02. The summed E-state index contributed by atoms with van der Waals surface area (Å²) in [6, 6.07) is 4.18. The van der Waals surface area contributed by atoms with Gasteiger partial charge in [0.25, 0.3) is 0 Å². The molecule has 3 aromatic heterocycles.